The topological polar surface area (TPSA) is 146 Å². The van der Waals surface area contributed by atoms with Crippen LogP contribution in [0.15, 0.2) is 12.2 Å². The molecule has 0 saturated heterocycles. The molecule has 2 atom stereocenters. The summed E-state index contributed by atoms with van der Waals surface area (Å²) in [5, 5.41) is 10.8. The summed E-state index contributed by atoms with van der Waals surface area (Å²) in [6.45, 7) is 6.20. The van der Waals surface area contributed by atoms with Crippen molar-refractivity contribution >= 4 is 46.7 Å². The van der Waals surface area contributed by atoms with Gasteiger partial charge in [-0.3, -0.25) is 28.9 Å². The number of carbonyl (C=O) groups is 5. The summed E-state index contributed by atoms with van der Waals surface area (Å²) in [7, 11) is 1.50. The number of carbonyl (C=O) groups excluding carboxylic acids is 5. The average Bonchev–Trinajstić information content (AvgIpc) is 3.08. The Hall–Kier alpha value is -2.86. The second-order valence-electron chi connectivity index (χ2n) is 7.76. The number of imide groups is 1. The van der Waals surface area contributed by atoms with E-state index in [-0.39, 0.29) is 49.8 Å². The molecule has 33 heavy (non-hydrogen) atoms. The minimum Gasteiger partial charge on any atom is -0.379 e. The van der Waals surface area contributed by atoms with Gasteiger partial charge >= 0.3 is 0 Å². The zero-order valence-electron chi connectivity index (χ0n) is 19.4. The minimum absolute atomic E-state index is 0.0182. The van der Waals surface area contributed by atoms with Gasteiger partial charge in [0.1, 0.15) is 12.1 Å². The van der Waals surface area contributed by atoms with Crippen molar-refractivity contribution in [2.75, 3.05) is 33.4 Å². The van der Waals surface area contributed by atoms with Crippen molar-refractivity contribution in [2.45, 2.75) is 45.7 Å². The molecule has 0 radical (unpaired) electrons. The number of hydrogen-bond acceptors (Lipinski definition) is 7. The van der Waals surface area contributed by atoms with E-state index >= 15 is 0 Å². The predicted octanol–water partition coefficient (Wildman–Crippen LogP) is -0.983. The number of nitrogens with zero attached hydrogens (tertiary/aromatic N) is 1. The maximum Gasteiger partial charge on any atom is 0.253 e. The zero-order valence-corrected chi connectivity index (χ0v) is 20.3. The number of likely N-dealkylation sites (N-methyl/N-ethyl adjacent to an activating group) is 1. The number of hydrogen-bond donors (Lipinski definition) is 4. The van der Waals surface area contributed by atoms with Crippen molar-refractivity contribution in [1.82, 2.24) is 26.2 Å². The van der Waals surface area contributed by atoms with E-state index in [4.69, 9.17) is 17.0 Å². The van der Waals surface area contributed by atoms with Gasteiger partial charge in [-0.15, -0.1) is 0 Å². The van der Waals surface area contributed by atoms with Crippen LogP contribution in [0, 0.1) is 5.92 Å². The third kappa shape index (κ3) is 10.1. The summed E-state index contributed by atoms with van der Waals surface area (Å²) in [5.74, 6) is -1.79. The number of thiocarbonyl (C=S) groups is 1. The Morgan fingerprint density at radius 2 is 1.64 bits per heavy atom. The molecule has 12 heteroatoms. The van der Waals surface area contributed by atoms with Crippen molar-refractivity contribution in [3.63, 3.8) is 0 Å². The molecule has 1 aliphatic heterocycles. The molecule has 5 amide bonds. The molecule has 4 N–H and O–H groups in total. The van der Waals surface area contributed by atoms with Crippen LogP contribution in [0.3, 0.4) is 0 Å². The Morgan fingerprint density at radius 3 is 2.21 bits per heavy atom. The van der Waals surface area contributed by atoms with Gasteiger partial charge in [-0.1, -0.05) is 26.1 Å². The lowest BCUT2D eigenvalue weighted by Crippen LogP contribution is -2.54. The van der Waals surface area contributed by atoms with Crippen molar-refractivity contribution < 1.29 is 28.7 Å². The van der Waals surface area contributed by atoms with Crippen LogP contribution in [-0.4, -0.2) is 84.9 Å². The van der Waals surface area contributed by atoms with Gasteiger partial charge in [-0.05, 0) is 12.8 Å². The van der Waals surface area contributed by atoms with Crippen LogP contribution in [0.1, 0.15) is 33.6 Å². The van der Waals surface area contributed by atoms with E-state index in [1.165, 1.54) is 19.2 Å². The summed E-state index contributed by atoms with van der Waals surface area (Å²) in [4.78, 5) is 60.2. The Kier molecular flexibility index (Phi) is 12.2. The first-order chi connectivity index (χ1) is 15.6. The zero-order chi connectivity index (χ0) is 25.0. The largest absolute Gasteiger partial charge is 0.379 e. The van der Waals surface area contributed by atoms with E-state index < -0.39 is 23.9 Å². The van der Waals surface area contributed by atoms with Crippen molar-refractivity contribution in [3.05, 3.63) is 12.2 Å². The quantitative estimate of drug-likeness (QED) is 0.140. The third-order valence-electron chi connectivity index (χ3n) is 4.77. The van der Waals surface area contributed by atoms with Crippen molar-refractivity contribution in [2.24, 2.45) is 5.92 Å². The lowest BCUT2D eigenvalue weighted by molar-refractivity contribution is -0.137. The van der Waals surface area contributed by atoms with Gasteiger partial charge in [0.2, 0.25) is 17.7 Å². The highest BCUT2D eigenvalue weighted by Gasteiger charge is 2.26. The Bertz CT molecular complexity index is 767. The van der Waals surface area contributed by atoms with E-state index in [1.54, 1.807) is 6.92 Å². The first-order valence-electron chi connectivity index (χ1n) is 10.8. The minimum atomic E-state index is -0.661. The van der Waals surface area contributed by atoms with Crippen LogP contribution in [0.5, 0.6) is 0 Å². The lowest BCUT2D eigenvalue weighted by atomic mass is 10.0. The monoisotopic (exact) mass is 483 g/mol. The second-order valence-corrected chi connectivity index (χ2v) is 8.25. The third-order valence-corrected chi connectivity index (χ3v) is 5.09. The molecule has 1 rings (SSSR count). The van der Waals surface area contributed by atoms with Gasteiger partial charge in [0.05, 0.1) is 18.2 Å². The van der Waals surface area contributed by atoms with Crippen molar-refractivity contribution in [1.29, 1.82) is 0 Å². The second kappa shape index (κ2) is 14.3. The molecule has 0 aliphatic carbocycles. The molecule has 184 valence electrons. The smallest absolute Gasteiger partial charge is 0.253 e. The van der Waals surface area contributed by atoms with Crippen LogP contribution >= 0.6 is 12.2 Å². The molecule has 0 aromatic heterocycles. The summed E-state index contributed by atoms with van der Waals surface area (Å²) in [6, 6.07) is -1.25. The molecule has 11 nitrogen and oxygen atoms in total. The fourth-order valence-corrected chi connectivity index (χ4v) is 3.06. The molecule has 0 fully saturated rings. The molecular formula is C21H33N5O6S. The van der Waals surface area contributed by atoms with Gasteiger partial charge in [0, 0.05) is 45.1 Å². The van der Waals surface area contributed by atoms with E-state index in [1.807, 2.05) is 13.8 Å². The number of rotatable bonds is 14. The lowest BCUT2D eigenvalue weighted by Gasteiger charge is -2.24. The first-order valence-corrected chi connectivity index (χ1v) is 11.2. The van der Waals surface area contributed by atoms with Gasteiger partial charge in [-0.2, -0.15) is 0 Å². The van der Waals surface area contributed by atoms with Gasteiger partial charge in [0.15, 0.2) is 0 Å². The molecule has 0 bridgehead atoms. The standard InChI is InChI=1S/C21H33N5O6S/c1-13(2)19(21(31)24-14(3)20(30)22-4)25-16(33)8-11-32-12-9-23-15(27)7-10-26-17(28)5-6-18(26)29/h5-6,13-14,19H,7-12H2,1-4H3,(H,22,30)(H,23,27)(H,24,31)(H,25,33)/t14-,19-/m0/s1. The summed E-state index contributed by atoms with van der Waals surface area (Å²) in [5.41, 5.74) is 0. The fourth-order valence-electron chi connectivity index (χ4n) is 2.85. The van der Waals surface area contributed by atoms with Gasteiger partial charge in [0.25, 0.3) is 11.8 Å². The van der Waals surface area contributed by atoms with E-state index in [2.05, 4.69) is 21.3 Å². The predicted molar refractivity (Wildman–Crippen MR) is 125 cm³/mol. The Morgan fingerprint density at radius 1 is 1.00 bits per heavy atom. The van der Waals surface area contributed by atoms with Crippen molar-refractivity contribution in [3.8, 4) is 0 Å². The molecule has 0 saturated carbocycles. The molecule has 0 spiro atoms. The molecule has 0 aromatic carbocycles. The van der Waals surface area contributed by atoms with Crippen LogP contribution < -0.4 is 21.3 Å². The SMILES string of the molecule is CNC(=O)[C@H](C)NC(=O)[C@@H](NC(=S)CCOCCNC(=O)CCN1C(=O)C=CC1=O)C(C)C. The Balaban J connectivity index is 2.22. The average molecular weight is 484 g/mol. The summed E-state index contributed by atoms with van der Waals surface area (Å²) < 4.78 is 5.46. The number of nitrogens with one attached hydrogen (secondary N) is 4. The van der Waals surface area contributed by atoms with Crippen LogP contribution in [-0.2, 0) is 28.7 Å². The number of ether oxygens (including phenoxy) is 1. The molecule has 1 heterocycles. The van der Waals surface area contributed by atoms with Gasteiger partial charge in [-0.25, -0.2) is 0 Å². The molecular weight excluding hydrogens is 450 g/mol. The highest BCUT2D eigenvalue weighted by atomic mass is 32.1. The fraction of sp³-hybridized carbons (Fsp3) is 0.619. The van der Waals surface area contributed by atoms with E-state index in [0.29, 0.717) is 18.0 Å². The molecule has 1 aliphatic rings. The first kappa shape index (κ1) is 28.2. The van der Waals surface area contributed by atoms with Gasteiger partial charge < -0.3 is 26.0 Å². The number of amides is 5. The highest BCUT2D eigenvalue weighted by molar-refractivity contribution is 7.80. The maximum absolute atomic E-state index is 12.5. The molecule has 0 unspecified atom stereocenters. The van der Waals surface area contributed by atoms with Crippen LogP contribution in [0.2, 0.25) is 0 Å². The molecule has 0 aromatic rings. The van der Waals surface area contributed by atoms with Crippen LogP contribution in [0.25, 0.3) is 0 Å². The maximum atomic E-state index is 12.5. The normalized spacial score (nSPS) is 14.8. The van der Waals surface area contributed by atoms with E-state index in [9.17, 15) is 24.0 Å². The van der Waals surface area contributed by atoms with E-state index in [0.717, 1.165) is 4.90 Å². The Labute approximate surface area is 199 Å². The van der Waals surface area contributed by atoms with Crippen LogP contribution in [0.4, 0.5) is 0 Å². The summed E-state index contributed by atoms with van der Waals surface area (Å²) in [6.07, 6.45) is 2.75. The highest BCUT2D eigenvalue weighted by Crippen LogP contribution is 2.05. The summed E-state index contributed by atoms with van der Waals surface area (Å²) >= 11 is 5.30.